The summed E-state index contributed by atoms with van der Waals surface area (Å²) in [5.41, 5.74) is 0.928. The lowest BCUT2D eigenvalue weighted by atomic mass is 10.2. The highest BCUT2D eigenvalue weighted by Gasteiger charge is 2.39. The zero-order valence-electron chi connectivity index (χ0n) is 11.6. The van der Waals surface area contributed by atoms with E-state index in [-0.39, 0.29) is 5.04 Å². The van der Waals surface area contributed by atoms with E-state index in [4.69, 9.17) is 4.43 Å². The number of aryl methyl sites for hydroxylation is 1. The maximum atomic E-state index is 9.29. The summed E-state index contributed by atoms with van der Waals surface area (Å²) < 4.78 is 8.08. The average molecular weight is 250 g/mol. The summed E-state index contributed by atoms with van der Waals surface area (Å²) >= 11 is 0. The average Bonchev–Trinajstić information content (AvgIpc) is 2.59. The van der Waals surface area contributed by atoms with Crippen LogP contribution < -0.4 is 0 Å². The van der Waals surface area contributed by atoms with Crippen LogP contribution in [0.25, 0.3) is 0 Å². The molecule has 0 amide bonds. The minimum Gasteiger partial charge on any atom is -0.397 e. The lowest BCUT2D eigenvalue weighted by molar-refractivity contribution is 0.228. The first-order valence-corrected chi connectivity index (χ1v) is 8.78. The van der Waals surface area contributed by atoms with E-state index in [0.29, 0.717) is 0 Å². The lowest BCUT2D eigenvalue weighted by Gasteiger charge is -2.37. The molecule has 1 atom stereocenters. The van der Waals surface area contributed by atoms with Crippen molar-refractivity contribution in [1.29, 1.82) is 5.26 Å². The van der Waals surface area contributed by atoms with Crippen molar-refractivity contribution in [3.63, 3.8) is 0 Å². The first kappa shape index (κ1) is 14.0. The van der Waals surface area contributed by atoms with Gasteiger partial charge in [-0.1, -0.05) is 20.8 Å². The molecule has 0 radical (unpaired) electrons. The Labute approximate surface area is 105 Å². The molecular weight excluding hydrogens is 228 g/mol. The van der Waals surface area contributed by atoms with Gasteiger partial charge in [-0.15, -0.1) is 0 Å². The molecule has 1 aromatic heterocycles. The fraction of sp³-hybridized carbons (Fsp3) is 0.615. The van der Waals surface area contributed by atoms with Crippen molar-refractivity contribution in [3.8, 4) is 6.07 Å². The third-order valence-electron chi connectivity index (χ3n) is 3.59. The highest BCUT2D eigenvalue weighted by atomic mass is 28.4. The molecule has 17 heavy (non-hydrogen) atoms. The Bertz CT molecular complexity index is 423. The van der Waals surface area contributed by atoms with Crippen molar-refractivity contribution in [2.45, 2.75) is 45.0 Å². The van der Waals surface area contributed by atoms with Gasteiger partial charge in [-0.3, -0.25) is 0 Å². The number of rotatable bonds is 3. The van der Waals surface area contributed by atoms with Crippen LogP contribution in [0, 0.1) is 11.3 Å². The van der Waals surface area contributed by atoms with E-state index in [2.05, 4.69) is 39.9 Å². The third-order valence-corrected chi connectivity index (χ3v) is 8.03. The molecule has 1 unspecified atom stereocenters. The molecule has 0 aliphatic heterocycles. The van der Waals surface area contributed by atoms with Crippen LogP contribution in [0.1, 0.15) is 32.6 Å². The Kier molecular flexibility index (Phi) is 3.85. The van der Waals surface area contributed by atoms with E-state index in [0.717, 1.165) is 5.69 Å². The van der Waals surface area contributed by atoms with Crippen molar-refractivity contribution in [3.05, 3.63) is 24.0 Å². The third kappa shape index (κ3) is 2.99. The summed E-state index contributed by atoms with van der Waals surface area (Å²) in [7, 11) is 0.0353. The Morgan fingerprint density at radius 2 is 2.00 bits per heavy atom. The van der Waals surface area contributed by atoms with Gasteiger partial charge in [-0.2, -0.15) is 5.26 Å². The largest absolute Gasteiger partial charge is 0.397 e. The standard InChI is InChI=1S/C13H22N2OSi/c1-13(2,3)17(5,6)16-12(10-14)11-8-7-9-15(11)4/h7-9,12H,1-6H3. The predicted octanol–water partition coefficient (Wildman–Crippen LogP) is 3.61. The second kappa shape index (κ2) is 4.67. The van der Waals surface area contributed by atoms with E-state index in [1.165, 1.54) is 0 Å². The van der Waals surface area contributed by atoms with Crippen LogP contribution in [0.5, 0.6) is 0 Å². The van der Waals surface area contributed by atoms with E-state index in [1.807, 2.05) is 29.9 Å². The maximum Gasteiger partial charge on any atom is 0.194 e. The molecule has 0 aliphatic rings. The number of nitrogens with zero attached hydrogens (tertiary/aromatic N) is 2. The minimum absolute atomic E-state index is 0.118. The van der Waals surface area contributed by atoms with E-state index in [1.54, 1.807) is 0 Å². The van der Waals surface area contributed by atoms with Gasteiger partial charge in [0.2, 0.25) is 0 Å². The van der Waals surface area contributed by atoms with Gasteiger partial charge < -0.3 is 8.99 Å². The summed E-state index contributed by atoms with van der Waals surface area (Å²) in [6.07, 6.45) is 1.48. The Morgan fingerprint density at radius 1 is 1.41 bits per heavy atom. The van der Waals surface area contributed by atoms with Crippen molar-refractivity contribution in [2.24, 2.45) is 7.05 Å². The van der Waals surface area contributed by atoms with Crippen molar-refractivity contribution < 1.29 is 4.43 Å². The van der Waals surface area contributed by atoms with Gasteiger partial charge in [-0.05, 0) is 30.3 Å². The molecular formula is C13H22N2OSi. The summed E-state index contributed by atoms with van der Waals surface area (Å²) in [5, 5.41) is 9.40. The summed E-state index contributed by atoms with van der Waals surface area (Å²) in [6, 6.07) is 6.15. The molecule has 0 bridgehead atoms. The zero-order valence-corrected chi connectivity index (χ0v) is 12.6. The quantitative estimate of drug-likeness (QED) is 0.769. The monoisotopic (exact) mass is 250 g/mol. The zero-order chi connectivity index (χ0) is 13.3. The maximum absolute atomic E-state index is 9.29. The van der Waals surface area contributed by atoms with Crippen LogP contribution in [0.3, 0.4) is 0 Å². The molecule has 1 aromatic rings. The topological polar surface area (TPSA) is 38.0 Å². The van der Waals surface area contributed by atoms with Crippen molar-refractivity contribution in [2.75, 3.05) is 0 Å². The molecule has 0 aromatic carbocycles. The fourth-order valence-electron chi connectivity index (χ4n) is 1.37. The highest BCUT2D eigenvalue weighted by Crippen LogP contribution is 2.39. The van der Waals surface area contributed by atoms with Gasteiger partial charge in [0.05, 0.1) is 11.8 Å². The Morgan fingerprint density at radius 3 is 2.35 bits per heavy atom. The molecule has 0 saturated carbocycles. The predicted molar refractivity (Wildman–Crippen MR) is 72.0 cm³/mol. The summed E-state index contributed by atoms with van der Waals surface area (Å²) in [4.78, 5) is 0. The van der Waals surface area contributed by atoms with Crippen LogP contribution in [-0.2, 0) is 11.5 Å². The van der Waals surface area contributed by atoms with Crippen LogP contribution in [0.4, 0.5) is 0 Å². The number of hydrogen-bond donors (Lipinski definition) is 0. The molecule has 0 fully saturated rings. The van der Waals surface area contributed by atoms with Crippen LogP contribution in [0.2, 0.25) is 18.1 Å². The summed E-state index contributed by atoms with van der Waals surface area (Å²) in [5.74, 6) is 0. The van der Waals surface area contributed by atoms with Gasteiger partial charge in [0, 0.05) is 13.2 Å². The molecule has 1 rings (SSSR count). The Balaban J connectivity index is 2.94. The normalized spacial score (nSPS) is 14.4. The van der Waals surface area contributed by atoms with Gasteiger partial charge >= 0.3 is 0 Å². The second-order valence-electron chi connectivity index (χ2n) is 5.93. The first-order chi connectivity index (χ1) is 7.69. The molecule has 1 heterocycles. The Hall–Kier alpha value is -1.05. The van der Waals surface area contributed by atoms with Crippen molar-refractivity contribution in [1.82, 2.24) is 4.57 Å². The van der Waals surface area contributed by atoms with Crippen molar-refractivity contribution >= 4 is 8.32 Å². The molecule has 0 saturated heterocycles. The highest BCUT2D eigenvalue weighted by molar-refractivity contribution is 6.74. The molecule has 0 N–H and O–H groups in total. The fourth-order valence-corrected chi connectivity index (χ4v) is 2.49. The van der Waals surface area contributed by atoms with E-state index >= 15 is 0 Å². The van der Waals surface area contributed by atoms with Crippen LogP contribution in [-0.4, -0.2) is 12.9 Å². The number of hydrogen-bond acceptors (Lipinski definition) is 2. The molecule has 94 valence electrons. The van der Waals surface area contributed by atoms with E-state index in [9.17, 15) is 5.26 Å². The number of nitriles is 1. The second-order valence-corrected chi connectivity index (χ2v) is 10.7. The molecule has 3 nitrogen and oxygen atoms in total. The SMILES string of the molecule is Cn1cccc1C(C#N)O[Si](C)(C)C(C)(C)C. The molecule has 4 heteroatoms. The van der Waals surface area contributed by atoms with Gasteiger partial charge in [0.1, 0.15) is 0 Å². The molecule has 0 spiro atoms. The lowest BCUT2D eigenvalue weighted by Crippen LogP contribution is -2.41. The van der Waals surface area contributed by atoms with E-state index < -0.39 is 14.4 Å². The van der Waals surface area contributed by atoms with Gasteiger partial charge in [-0.25, -0.2) is 0 Å². The van der Waals surface area contributed by atoms with Crippen LogP contribution >= 0.6 is 0 Å². The van der Waals surface area contributed by atoms with Gasteiger partial charge in [0.25, 0.3) is 0 Å². The number of aromatic nitrogens is 1. The smallest absolute Gasteiger partial charge is 0.194 e. The van der Waals surface area contributed by atoms with Crippen LogP contribution in [0.15, 0.2) is 18.3 Å². The first-order valence-electron chi connectivity index (χ1n) is 5.88. The minimum atomic E-state index is -1.90. The molecule has 0 aliphatic carbocycles. The summed E-state index contributed by atoms with van der Waals surface area (Å²) in [6.45, 7) is 10.9. The van der Waals surface area contributed by atoms with Gasteiger partial charge in [0.15, 0.2) is 14.4 Å².